The number of fused-ring (bicyclic) bond motifs is 8. The minimum atomic E-state index is -0.301. The predicted octanol–water partition coefficient (Wildman–Crippen LogP) is 21.8. The lowest BCUT2D eigenvalue weighted by molar-refractivity contribution is 0.590. The summed E-state index contributed by atoms with van der Waals surface area (Å²) in [6, 6.07) is 124. The van der Waals surface area contributed by atoms with E-state index < -0.39 is 0 Å². The third-order valence-electron chi connectivity index (χ3n) is 19.1. The van der Waals surface area contributed by atoms with Gasteiger partial charge in [0.2, 0.25) is 0 Å². The Balaban J connectivity index is 1.08. The first-order valence-electron chi connectivity index (χ1n) is 32.1. The van der Waals surface area contributed by atoms with E-state index in [0.717, 1.165) is 117 Å². The molecule has 0 saturated heterocycles. The molecule has 0 unspecified atom stereocenters. The van der Waals surface area contributed by atoms with Crippen LogP contribution in [-0.4, -0.2) is 11.3 Å². The number of hydrogen-bond donors (Lipinski definition) is 0. The molecule has 2 aliphatic rings. The van der Waals surface area contributed by atoms with Crippen LogP contribution in [0.25, 0.3) is 105 Å². The summed E-state index contributed by atoms with van der Waals surface area (Å²) in [7, 11) is 0. The molecule has 434 valence electrons. The Hall–Kier alpha value is -11.5. The molecule has 0 fully saturated rings. The topological polar surface area (TPSA) is 11.4 Å². The summed E-state index contributed by atoms with van der Waals surface area (Å²) in [5.41, 5.74) is 31.2. The summed E-state index contributed by atoms with van der Waals surface area (Å²) in [5, 5.41) is 2.38. The highest BCUT2D eigenvalue weighted by molar-refractivity contribution is 7.00. The average molecular weight is 1170 g/mol. The van der Waals surface area contributed by atoms with Crippen LogP contribution in [0.4, 0.5) is 34.1 Å². The minimum Gasteiger partial charge on any atom is -0.310 e. The van der Waals surface area contributed by atoms with E-state index in [2.05, 4.69) is 369 Å². The van der Waals surface area contributed by atoms with Gasteiger partial charge < -0.3 is 14.4 Å². The molecule has 0 atom stereocenters. The standard InChI is InChI=1S/C88H64BN3/c1-88(2,3)67-57-80-83-81(58-67)92(86-72(64-40-21-9-22-41-64)49-29-50-73(86)65-42-23-10-24-43-65)87-76(54-55-78-82(87)74-44-25-26-51-77(74)90(78)84-68(60-32-13-5-14-33-60)45-27-46-69(84)61-34-15-6-16-35-61)89(83)75-53-52-66(59-30-11-4-12-31-59)56-79(75)91(80)85-70(62-36-17-7-18-37-62)47-28-48-71(85)63-38-19-8-20-39-63/h4-58H,1-3H3. The van der Waals surface area contributed by atoms with Crippen LogP contribution in [0.1, 0.15) is 26.3 Å². The molecule has 4 heteroatoms. The lowest BCUT2D eigenvalue weighted by atomic mass is 9.33. The fraction of sp³-hybridized carbons (Fsp3) is 0.0455. The summed E-state index contributed by atoms with van der Waals surface area (Å²) < 4.78 is 2.59. The van der Waals surface area contributed by atoms with E-state index in [0.29, 0.717) is 0 Å². The largest absolute Gasteiger partial charge is 0.310 e. The van der Waals surface area contributed by atoms with Gasteiger partial charge >= 0.3 is 0 Å². The van der Waals surface area contributed by atoms with Gasteiger partial charge in [-0.2, -0.15) is 0 Å². The summed E-state index contributed by atoms with van der Waals surface area (Å²) in [6.45, 7) is 6.94. The molecule has 2 aliphatic heterocycles. The maximum Gasteiger partial charge on any atom is 0.252 e. The molecular weight excluding hydrogens is 1110 g/mol. The van der Waals surface area contributed by atoms with E-state index in [1.54, 1.807) is 0 Å². The number of nitrogens with zero attached hydrogens (tertiary/aromatic N) is 3. The highest BCUT2D eigenvalue weighted by Crippen LogP contribution is 2.56. The van der Waals surface area contributed by atoms with Crippen molar-refractivity contribution in [3.8, 4) is 83.6 Å². The van der Waals surface area contributed by atoms with Crippen molar-refractivity contribution in [3.05, 3.63) is 339 Å². The van der Waals surface area contributed by atoms with E-state index in [1.165, 1.54) is 44.0 Å². The van der Waals surface area contributed by atoms with Crippen molar-refractivity contribution in [3.63, 3.8) is 0 Å². The van der Waals surface area contributed by atoms with Gasteiger partial charge in [-0.15, -0.1) is 0 Å². The van der Waals surface area contributed by atoms with Crippen LogP contribution in [0, 0.1) is 0 Å². The number of para-hydroxylation sites is 4. The number of aromatic nitrogens is 1. The number of hydrogen-bond acceptors (Lipinski definition) is 2. The van der Waals surface area contributed by atoms with E-state index in [-0.39, 0.29) is 12.1 Å². The first-order valence-corrected chi connectivity index (χ1v) is 32.1. The van der Waals surface area contributed by atoms with Gasteiger partial charge in [-0.25, -0.2) is 0 Å². The molecule has 0 aliphatic carbocycles. The number of rotatable bonds is 10. The zero-order chi connectivity index (χ0) is 61.4. The molecule has 17 rings (SSSR count). The van der Waals surface area contributed by atoms with Crippen LogP contribution in [0.15, 0.2) is 334 Å². The fourth-order valence-corrected chi connectivity index (χ4v) is 14.9. The van der Waals surface area contributed by atoms with Crippen LogP contribution in [0.3, 0.4) is 0 Å². The van der Waals surface area contributed by atoms with Crippen molar-refractivity contribution in [2.45, 2.75) is 26.2 Å². The molecule has 1 aromatic heterocycles. The molecule has 3 nitrogen and oxygen atoms in total. The Morgan fingerprint density at radius 3 is 1.07 bits per heavy atom. The maximum atomic E-state index is 2.74. The Labute approximate surface area is 539 Å². The highest BCUT2D eigenvalue weighted by atomic mass is 15.2. The van der Waals surface area contributed by atoms with Gasteiger partial charge in [-0.1, -0.05) is 324 Å². The van der Waals surface area contributed by atoms with Crippen molar-refractivity contribution in [2.24, 2.45) is 0 Å². The Bertz CT molecular complexity index is 5120. The molecule has 14 aromatic carbocycles. The molecule has 0 N–H and O–H groups in total. The second kappa shape index (κ2) is 22.2. The maximum absolute atomic E-state index is 2.74. The summed E-state index contributed by atoms with van der Waals surface area (Å²) in [6.07, 6.45) is 0. The van der Waals surface area contributed by atoms with Crippen molar-refractivity contribution >= 4 is 79.0 Å². The first-order chi connectivity index (χ1) is 45.4. The van der Waals surface area contributed by atoms with E-state index in [4.69, 9.17) is 0 Å². The van der Waals surface area contributed by atoms with Crippen LogP contribution in [0.2, 0.25) is 0 Å². The second-order valence-electron chi connectivity index (χ2n) is 25.5. The molecule has 0 spiro atoms. The van der Waals surface area contributed by atoms with Gasteiger partial charge in [0.1, 0.15) is 0 Å². The van der Waals surface area contributed by atoms with Crippen molar-refractivity contribution in [2.75, 3.05) is 9.80 Å². The van der Waals surface area contributed by atoms with Crippen LogP contribution in [-0.2, 0) is 5.41 Å². The van der Waals surface area contributed by atoms with Gasteiger partial charge in [0.05, 0.1) is 33.8 Å². The molecular formula is C88H64BN3. The first kappa shape index (κ1) is 54.7. The molecule has 92 heavy (non-hydrogen) atoms. The zero-order valence-corrected chi connectivity index (χ0v) is 51.7. The molecule has 0 bridgehead atoms. The monoisotopic (exact) mass is 1170 g/mol. The number of anilines is 6. The molecule has 0 saturated carbocycles. The predicted molar refractivity (Wildman–Crippen MR) is 392 cm³/mol. The summed E-state index contributed by atoms with van der Waals surface area (Å²) in [4.78, 5) is 5.42. The van der Waals surface area contributed by atoms with E-state index in [9.17, 15) is 0 Å². The van der Waals surface area contributed by atoms with Crippen molar-refractivity contribution in [1.82, 2.24) is 4.57 Å². The van der Waals surface area contributed by atoms with Gasteiger partial charge in [-0.05, 0) is 102 Å². The normalized spacial score (nSPS) is 12.4. The van der Waals surface area contributed by atoms with Crippen LogP contribution in [0.5, 0.6) is 0 Å². The smallest absolute Gasteiger partial charge is 0.252 e. The van der Waals surface area contributed by atoms with Gasteiger partial charge in [-0.3, -0.25) is 0 Å². The lowest BCUT2D eigenvalue weighted by Gasteiger charge is -2.46. The van der Waals surface area contributed by atoms with Crippen LogP contribution >= 0.6 is 0 Å². The third kappa shape index (κ3) is 8.96. The molecule has 0 amide bonds. The summed E-state index contributed by atoms with van der Waals surface area (Å²) >= 11 is 0. The van der Waals surface area contributed by atoms with E-state index >= 15 is 0 Å². The van der Waals surface area contributed by atoms with Gasteiger partial charge in [0.15, 0.2) is 0 Å². The second-order valence-corrected chi connectivity index (χ2v) is 25.5. The Kier molecular flexibility index (Phi) is 13.2. The van der Waals surface area contributed by atoms with Crippen molar-refractivity contribution < 1.29 is 0 Å². The Morgan fingerprint density at radius 2 is 0.630 bits per heavy atom. The van der Waals surface area contributed by atoms with Crippen molar-refractivity contribution in [1.29, 1.82) is 0 Å². The summed E-state index contributed by atoms with van der Waals surface area (Å²) in [5.74, 6) is 0. The zero-order valence-electron chi connectivity index (χ0n) is 51.7. The van der Waals surface area contributed by atoms with E-state index in [1.807, 2.05) is 0 Å². The lowest BCUT2D eigenvalue weighted by Crippen LogP contribution is -2.61. The number of benzene rings is 14. The third-order valence-corrected chi connectivity index (χ3v) is 19.1. The molecule has 3 heterocycles. The quantitative estimate of drug-likeness (QED) is 0.126. The minimum absolute atomic E-state index is 0.215. The SMILES string of the molecule is CC(C)(C)c1cc2c3c(c1)N(c1c(-c4ccccc4)cccc1-c1ccccc1)c1c(ccc4c1c1ccccc1n4-c1c(-c4ccccc4)cccc1-c1ccccc1)B3c1ccc(-c3ccccc3)cc1N2c1c(-c2ccccc2)cccc1-c1ccccc1. The highest BCUT2D eigenvalue weighted by Gasteiger charge is 2.47. The van der Waals surface area contributed by atoms with Gasteiger partial charge in [0.25, 0.3) is 6.71 Å². The van der Waals surface area contributed by atoms with Gasteiger partial charge in [0, 0.05) is 61.2 Å². The average Bonchev–Trinajstić information content (AvgIpc) is 1.10. The Morgan fingerprint density at radius 1 is 0.261 bits per heavy atom. The fourth-order valence-electron chi connectivity index (χ4n) is 14.9. The van der Waals surface area contributed by atoms with Crippen LogP contribution < -0.4 is 26.2 Å². The molecule has 0 radical (unpaired) electrons. The molecule has 15 aromatic rings.